The molecule has 1 aliphatic rings. The molecule has 0 saturated heterocycles. The van der Waals surface area contributed by atoms with Crippen molar-refractivity contribution in [1.29, 1.82) is 0 Å². The molecule has 0 bridgehead atoms. The molecule has 0 unspecified atom stereocenters. The quantitative estimate of drug-likeness (QED) is 0.803. The van der Waals surface area contributed by atoms with Crippen molar-refractivity contribution >= 4 is 5.91 Å². The van der Waals surface area contributed by atoms with Crippen LogP contribution in [0.5, 0.6) is 0 Å². The van der Waals surface area contributed by atoms with Crippen LogP contribution in [0.4, 0.5) is 0 Å². The molecule has 0 aliphatic heterocycles. The summed E-state index contributed by atoms with van der Waals surface area (Å²) in [4.78, 5) is 12.1. The van der Waals surface area contributed by atoms with E-state index in [2.05, 4.69) is 22.4 Å². The van der Waals surface area contributed by atoms with Gasteiger partial charge in [-0.3, -0.25) is 9.89 Å². The molecular formula is C12H19N3O. The molecule has 1 saturated carbocycles. The van der Waals surface area contributed by atoms with E-state index in [0.29, 0.717) is 5.56 Å². The summed E-state index contributed by atoms with van der Waals surface area (Å²) >= 11 is 0. The third kappa shape index (κ3) is 1.96. The standard InChI is InChI=1S/C12H19N3O/c1-8-10(9(2)15-14-8)11(16)13-12(3)6-4-5-7-12/h4-7H2,1-3H3,(H,13,16)(H,14,15). The Morgan fingerprint density at radius 3 is 2.50 bits per heavy atom. The van der Waals surface area contributed by atoms with Crippen LogP contribution in [0, 0.1) is 13.8 Å². The lowest BCUT2D eigenvalue weighted by Gasteiger charge is -2.25. The van der Waals surface area contributed by atoms with Crippen LogP contribution < -0.4 is 5.32 Å². The number of nitrogens with one attached hydrogen (secondary N) is 2. The fourth-order valence-corrected chi connectivity index (χ4v) is 2.50. The Kier molecular flexibility index (Phi) is 2.74. The van der Waals surface area contributed by atoms with Crippen LogP contribution in [0.3, 0.4) is 0 Å². The average molecular weight is 221 g/mol. The highest BCUT2D eigenvalue weighted by molar-refractivity contribution is 5.96. The second kappa shape index (κ2) is 3.92. The van der Waals surface area contributed by atoms with Crippen molar-refractivity contribution in [3.63, 3.8) is 0 Å². The van der Waals surface area contributed by atoms with Crippen LogP contribution in [0.2, 0.25) is 0 Å². The normalized spacial score (nSPS) is 18.7. The van der Waals surface area contributed by atoms with Crippen LogP contribution >= 0.6 is 0 Å². The molecule has 2 N–H and O–H groups in total. The zero-order valence-corrected chi connectivity index (χ0v) is 10.2. The van der Waals surface area contributed by atoms with E-state index >= 15 is 0 Å². The first-order valence-corrected chi connectivity index (χ1v) is 5.86. The maximum atomic E-state index is 12.1. The SMILES string of the molecule is Cc1n[nH]c(C)c1C(=O)NC1(C)CCCC1. The Bertz CT molecular complexity index is 383. The third-order valence-corrected chi connectivity index (χ3v) is 3.48. The molecule has 88 valence electrons. The molecule has 0 radical (unpaired) electrons. The number of aromatic amines is 1. The van der Waals surface area contributed by atoms with E-state index in [1.165, 1.54) is 12.8 Å². The van der Waals surface area contributed by atoms with Gasteiger partial charge in [0.25, 0.3) is 5.91 Å². The summed E-state index contributed by atoms with van der Waals surface area (Å²) in [6.07, 6.45) is 4.57. The molecule has 4 heteroatoms. The third-order valence-electron chi connectivity index (χ3n) is 3.48. The molecular weight excluding hydrogens is 202 g/mol. The van der Waals surface area contributed by atoms with E-state index in [9.17, 15) is 4.79 Å². The van der Waals surface area contributed by atoms with E-state index < -0.39 is 0 Å². The monoisotopic (exact) mass is 221 g/mol. The van der Waals surface area contributed by atoms with Crippen LogP contribution in [0.25, 0.3) is 0 Å². The van der Waals surface area contributed by atoms with Gasteiger partial charge in [-0.1, -0.05) is 12.8 Å². The van der Waals surface area contributed by atoms with Gasteiger partial charge in [0.05, 0.1) is 11.3 Å². The second-order valence-corrected chi connectivity index (χ2v) is 5.03. The maximum Gasteiger partial charge on any atom is 0.255 e. The summed E-state index contributed by atoms with van der Waals surface area (Å²) in [5.41, 5.74) is 2.30. The van der Waals surface area contributed by atoms with Crippen LogP contribution in [0.15, 0.2) is 0 Å². The van der Waals surface area contributed by atoms with Gasteiger partial charge in [0.2, 0.25) is 0 Å². The van der Waals surface area contributed by atoms with Crippen LogP contribution in [-0.2, 0) is 0 Å². The minimum absolute atomic E-state index is 0.00755. The van der Waals surface area contributed by atoms with E-state index in [1.807, 2.05) is 13.8 Å². The van der Waals surface area contributed by atoms with Crippen LogP contribution in [0.1, 0.15) is 54.4 Å². The van der Waals surface area contributed by atoms with Crippen molar-refractivity contribution in [3.8, 4) is 0 Å². The number of nitrogens with zero attached hydrogens (tertiary/aromatic N) is 1. The van der Waals surface area contributed by atoms with Gasteiger partial charge in [-0.2, -0.15) is 5.10 Å². The van der Waals surface area contributed by atoms with Crippen molar-refractivity contribution in [3.05, 3.63) is 17.0 Å². The number of hydrogen-bond acceptors (Lipinski definition) is 2. The smallest absolute Gasteiger partial charge is 0.255 e. The minimum Gasteiger partial charge on any atom is -0.347 e. The summed E-state index contributed by atoms with van der Waals surface area (Å²) in [6.45, 7) is 5.87. The Morgan fingerprint density at radius 2 is 2.00 bits per heavy atom. The lowest BCUT2D eigenvalue weighted by atomic mass is 10.00. The molecule has 1 aromatic rings. The van der Waals surface area contributed by atoms with Gasteiger partial charge in [-0.25, -0.2) is 0 Å². The van der Waals surface area contributed by atoms with Crippen molar-refractivity contribution in [1.82, 2.24) is 15.5 Å². The van der Waals surface area contributed by atoms with Crippen LogP contribution in [-0.4, -0.2) is 21.6 Å². The second-order valence-electron chi connectivity index (χ2n) is 5.03. The summed E-state index contributed by atoms with van der Waals surface area (Å²) in [5, 5.41) is 10.0. The summed E-state index contributed by atoms with van der Waals surface area (Å²) in [7, 11) is 0. The molecule has 2 rings (SSSR count). The minimum atomic E-state index is -0.0206. The van der Waals surface area contributed by atoms with Crippen molar-refractivity contribution in [2.24, 2.45) is 0 Å². The van der Waals surface area contributed by atoms with Crippen molar-refractivity contribution in [2.45, 2.75) is 52.0 Å². The number of aromatic nitrogens is 2. The molecule has 0 aromatic carbocycles. The molecule has 1 heterocycles. The van der Waals surface area contributed by atoms with Gasteiger partial charge in [0.1, 0.15) is 0 Å². The molecule has 16 heavy (non-hydrogen) atoms. The predicted molar refractivity (Wildman–Crippen MR) is 62.4 cm³/mol. The average Bonchev–Trinajstić information content (AvgIpc) is 2.74. The Morgan fingerprint density at radius 1 is 1.38 bits per heavy atom. The first-order valence-electron chi connectivity index (χ1n) is 5.86. The zero-order chi connectivity index (χ0) is 11.8. The molecule has 0 atom stereocenters. The molecule has 4 nitrogen and oxygen atoms in total. The highest BCUT2D eigenvalue weighted by Crippen LogP contribution is 2.29. The molecule has 0 spiro atoms. The first-order chi connectivity index (χ1) is 7.52. The molecule has 1 aromatic heterocycles. The largest absolute Gasteiger partial charge is 0.347 e. The highest BCUT2D eigenvalue weighted by atomic mass is 16.1. The topological polar surface area (TPSA) is 57.8 Å². The van der Waals surface area contributed by atoms with Gasteiger partial charge >= 0.3 is 0 Å². The number of hydrogen-bond donors (Lipinski definition) is 2. The number of H-pyrrole nitrogens is 1. The predicted octanol–water partition coefficient (Wildman–Crippen LogP) is 2.09. The molecule has 1 fully saturated rings. The lowest BCUT2D eigenvalue weighted by Crippen LogP contribution is -2.43. The lowest BCUT2D eigenvalue weighted by molar-refractivity contribution is 0.0907. The summed E-state index contributed by atoms with van der Waals surface area (Å²) in [6, 6.07) is 0. The first kappa shape index (κ1) is 11.2. The number of carbonyl (C=O) groups excluding carboxylic acids is 1. The van der Waals surface area contributed by atoms with Crippen molar-refractivity contribution < 1.29 is 4.79 Å². The number of rotatable bonds is 2. The van der Waals surface area contributed by atoms with E-state index in [1.54, 1.807) is 0 Å². The molecule has 1 amide bonds. The fraction of sp³-hybridized carbons (Fsp3) is 0.667. The summed E-state index contributed by atoms with van der Waals surface area (Å²) < 4.78 is 0. The Balaban J connectivity index is 2.14. The van der Waals surface area contributed by atoms with E-state index in [-0.39, 0.29) is 11.4 Å². The number of carbonyl (C=O) groups is 1. The van der Waals surface area contributed by atoms with E-state index in [4.69, 9.17) is 0 Å². The highest BCUT2D eigenvalue weighted by Gasteiger charge is 2.31. The van der Waals surface area contributed by atoms with E-state index in [0.717, 1.165) is 24.2 Å². The van der Waals surface area contributed by atoms with Gasteiger partial charge in [-0.15, -0.1) is 0 Å². The van der Waals surface area contributed by atoms with Gasteiger partial charge in [-0.05, 0) is 33.6 Å². The number of aryl methyl sites for hydroxylation is 2. The maximum absolute atomic E-state index is 12.1. The summed E-state index contributed by atoms with van der Waals surface area (Å²) in [5.74, 6) is 0.00755. The van der Waals surface area contributed by atoms with Gasteiger partial charge in [0, 0.05) is 11.2 Å². The van der Waals surface area contributed by atoms with Crippen molar-refractivity contribution in [2.75, 3.05) is 0 Å². The Labute approximate surface area is 95.8 Å². The molecule has 1 aliphatic carbocycles. The van der Waals surface area contributed by atoms with Gasteiger partial charge in [0.15, 0.2) is 0 Å². The zero-order valence-electron chi connectivity index (χ0n) is 10.2. The van der Waals surface area contributed by atoms with Gasteiger partial charge < -0.3 is 5.32 Å². The Hall–Kier alpha value is -1.32. The number of amides is 1. The fourth-order valence-electron chi connectivity index (χ4n) is 2.50.